The Balaban J connectivity index is 1.82. The fourth-order valence-electron chi connectivity index (χ4n) is 4.27. The Morgan fingerprint density at radius 2 is 1.83 bits per heavy atom. The number of aromatic nitrogens is 1. The molecule has 1 amide bonds. The zero-order valence-corrected chi connectivity index (χ0v) is 19.5. The number of alkyl halides is 3. The van der Waals surface area contributed by atoms with Crippen molar-refractivity contribution in [1.29, 1.82) is 0 Å². The number of ether oxygens (including phenoxy) is 1. The number of carbonyl (C=O) groups is 1. The van der Waals surface area contributed by atoms with Crippen molar-refractivity contribution in [1.82, 2.24) is 9.88 Å². The number of nitrogens with zero attached hydrogens (tertiary/aromatic N) is 2. The largest absolute Gasteiger partial charge is 0.418 e. The van der Waals surface area contributed by atoms with E-state index in [0.29, 0.717) is 38.4 Å². The zero-order chi connectivity index (χ0) is 25.0. The normalized spacial score (nSPS) is 14.3. The molecule has 2 aromatic carbocycles. The maximum atomic E-state index is 14.1. The number of rotatable bonds is 7. The molecule has 4 rings (SSSR count). The minimum atomic E-state index is -4.66. The molecule has 35 heavy (non-hydrogen) atoms. The third-order valence-corrected chi connectivity index (χ3v) is 6.15. The van der Waals surface area contributed by atoms with Gasteiger partial charge in [-0.2, -0.15) is 13.2 Å². The number of amides is 1. The van der Waals surface area contributed by atoms with E-state index >= 15 is 0 Å². The van der Waals surface area contributed by atoms with Crippen molar-refractivity contribution in [2.24, 2.45) is 0 Å². The molecule has 1 fully saturated rings. The lowest BCUT2D eigenvalue weighted by atomic mass is 10.0. The Hall–Kier alpha value is -3.33. The summed E-state index contributed by atoms with van der Waals surface area (Å²) in [6.07, 6.45) is -1.60. The van der Waals surface area contributed by atoms with Gasteiger partial charge >= 0.3 is 6.18 Å². The fraction of sp³-hybridized carbons (Fsp3) is 0.385. The molecule has 1 N–H and O–H groups in total. The predicted octanol–water partition coefficient (Wildman–Crippen LogP) is 4.59. The first-order valence-corrected chi connectivity index (χ1v) is 11.7. The number of fused-ring (bicyclic) bond motifs is 1. The van der Waals surface area contributed by atoms with Gasteiger partial charge in [-0.25, -0.2) is 0 Å². The molecule has 6 nitrogen and oxygen atoms in total. The number of unbranched alkanes of at least 4 members (excludes halogenated alkanes) is 1. The molecule has 1 saturated heterocycles. The number of anilines is 1. The van der Waals surface area contributed by atoms with E-state index < -0.39 is 23.1 Å². The second kappa shape index (κ2) is 10.5. The van der Waals surface area contributed by atoms with E-state index in [4.69, 9.17) is 4.74 Å². The standard InChI is InChI=1S/C26H28F3N3O3/c1-2-3-9-32-17-20(25(34)30-16-18-7-5-4-6-8-18)24(33)19-14-21(26(27,28)29)23(15-22(19)32)31-10-12-35-13-11-31/h4-8,14-15,17H,2-3,9-13,16H2,1H3,(H,30,34). The highest BCUT2D eigenvalue weighted by Crippen LogP contribution is 2.39. The zero-order valence-electron chi connectivity index (χ0n) is 19.5. The van der Waals surface area contributed by atoms with E-state index in [-0.39, 0.29) is 23.2 Å². The van der Waals surface area contributed by atoms with Crippen LogP contribution in [0.3, 0.4) is 0 Å². The van der Waals surface area contributed by atoms with Crippen molar-refractivity contribution in [2.75, 3.05) is 31.2 Å². The Bertz CT molecular complexity index is 1250. The first-order valence-electron chi connectivity index (χ1n) is 11.7. The molecule has 3 aromatic rings. The molecule has 9 heteroatoms. The Morgan fingerprint density at radius 3 is 2.49 bits per heavy atom. The van der Waals surface area contributed by atoms with Crippen LogP contribution in [-0.4, -0.2) is 36.8 Å². The molecule has 0 aliphatic carbocycles. The van der Waals surface area contributed by atoms with Crippen molar-refractivity contribution < 1.29 is 22.7 Å². The van der Waals surface area contributed by atoms with Gasteiger partial charge in [0.25, 0.3) is 5.91 Å². The second-order valence-corrected chi connectivity index (χ2v) is 8.57. The molecule has 0 radical (unpaired) electrons. The van der Waals surface area contributed by atoms with Crippen molar-refractivity contribution in [3.63, 3.8) is 0 Å². The van der Waals surface area contributed by atoms with Gasteiger partial charge in [0.15, 0.2) is 0 Å². The molecule has 0 atom stereocenters. The highest BCUT2D eigenvalue weighted by atomic mass is 19.4. The summed E-state index contributed by atoms with van der Waals surface area (Å²) in [6.45, 7) is 3.99. The van der Waals surface area contributed by atoms with Crippen LogP contribution in [-0.2, 0) is 24.0 Å². The third kappa shape index (κ3) is 5.51. The Morgan fingerprint density at radius 1 is 1.11 bits per heavy atom. The van der Waals surface area contributed by atoms with Crippen LogP contribution >= 0.6 is 0 Å². The molecule has 0 unspecified atom stereocenters. The molecule has 0 spiro atoms. The lowest BCUT2D eigenvalue weighted by Gasteiger charge is -2.31. The number of morpholine rings is 1. The average Bonchev–Trinajstić information content (AvgIpc) is 2.87. The first kappa shape index (κ1) is 24.8. The molecule has 2 heterocycles. The van der Waals surface area contributed by atoms with Crippen LogP contribution in [0.1, 0.15) is 41.3 Å². The SMILES string of the molecule is CCCCn1cc(C(=O)NCc2ccccc2)c(=O)c2cc(C(F)(F)F)c(N3CCOCC3)cc21. The number of carbonyl (C=O) groups excluding carboxylic acids is 1. The topological polar surface area (TPSA) is 63.6 Å². The van der Waals surface area contributed by atoms with Crippen molar-refractivity contribution in [3.05, 3.63) is 75.6 Å². The van der Waals surface area contributed by atoms with Crippen LogP contribution < -0.4 is 15.6 Å². The van der Waals surface area contributed by atoms with E-state index in [1.165, 1.54) is 12.3 Å². The van der Waals surface area contributed by atoms with Gasteiger partial charge in [0.05, 0.1) is 30.0 Å². The molecular formula is C26H28F3N3O3. The molecule has 1 aromatic heterocycles. The highest BCUT2D eigenvalue weighted by Gasteiger charge is 2.36. The predicted molar refractivity (Wildman–Crippen MR) is 129 cm³/mol. The summed E-state index contributed by atoms with van der Waals surface area (Å²) in [6, 6.07) is 11.5. The summed E-state index contributed by atoms with van der Waals surface area (Å²) in [4.78, 5) is 27.9. The van der Waals surface area contributed by atoms with Gasteiger partial charge in [-0.05, 0) is 24.1 Å². The maximum Gasteiger partial charge on any atom is 0.418 e. The van der Waals surface area contributed by atoms with Crippen LogP contribution in [0, 0.1) is 0 Å². The van der Waals surface area contributed by atoms with Gasteiger partial charge in [-0.15, -0.1) is 0 Å². The summed E-state index contributed by atoms with van der Waals surface area (Å²) in [7, 11) is 0. The van der Waals surface area contributed by atoms with Gasteiger partial charge in [-0.1, -0.05) is 43.7 Å². The van der Waals surface area contributed by atoms with Crippen LogP contribution in [0.2, 0.25) is 0 Å². The lowest BCUT2D eigenvalue weighted by molar-refractivity contribution is -0.137. The van der Waals surface area contributed by atoms with Crippen LogP contribution in [0.5, 0.6) is 0 Å². The molecule has 0 saturated carbocycles. The van der Waals surface area contributed by atoms with Gasteiger partial charge in [0.2, 0.25) is 5.43 Å². The van der Waals surface area contributed by atoms with Crippen molar-refractivity contribution in [3.8, 4) is 0 Å². The van der Waals surface area contributed by atoms with Crippen molar-refractivity contribution in [2.45, 2.75) is 39.0 Å². The number of hydrogen-bond donors (Lipinski definition) is 1. The summed E-state index contributed by atoms with van der Waals surface area (Å²) in [5.74, 6) is -0.614. The number of pyridine rings is 1. The Labute approximate surface area is 201 Å². The second-order valence-electron chi connectivity index (χ2n) is 8.57. The average molecular weight is 488 g/mol. The van der Waals surface area contributed by atoms with Crippen molar-refractivity contribution >= 4 is 22.5 Å². The summed E-state index contributed by atoms with van der Waals surface area (Å²) in [5.41, 5.74) is -0.499. The first-order chi connectivity index (χ1) is 16.8. The Kier molecular flexibility index (Phi) is 7.45. The van der Waals surface area contributed by atoms with Gasteiger partial charge in [-0.3, -0.25) is 9.59 Å². The van der Waals surface area contributed by atoms with Crippen LogP contribution in [0.4, 0.5) is 18.9 Å². The summed E-state index contributed by atoms with van der Waals surface area (Å²) in [5, 5.41) is 2.60. The number of halogens is 3. The maximum absolute atomic E-state index is 14.1. The van der Waals surface area contributed by atoms with Gasteiger partial charge in [0, 0.05) is 37.8 Å². The molecule has 1 aliphatic heterocycles. The molecule has 186 valence electrons. The fourth-order valence-corrected chi connectivity index (χ4v) is 4.27. The quantitative estimate of drug-likeness (QED) is 0.530. The number of aryl methyl sites for hydroxylation is 1. The minimum Gasteiger partial charge on any atom is -0.378 e. The third-order valence-electron chi connectivity index (χ3n) is 6.15. The molecule has 1 aliphatic rings. The summed E-state index contributed by atoms with van der Waals surface area (Å²) < 4.78 is 49.3. The number of benzene rings is 2. The van der Waals surface area contributed by atoms with Crippen LogP contribution in [0.15, 0.2) is 53.5 Å². The molecular weight excluding hydrogens is 459 g/mol. The monoisotopic (exact) mass is 487 g/mol. The minimum absolute atomic E-state index is 0.0271. The smallest absolute Gasteiger partial charge is 0.378 e. The van der Waals surface area contributed by atoms with E-state index in [9.17, 15) is 22.8 Å². The van der Waals surface area contributed by atoms with E-state index in [0.717, 1.165) is 24.5 Å². The number of hydrogen-bond acceptors (Lipinski definition) is 4. The number of nitrogens with one attached hydrogen (secondary N) is 1. The van der Waals surface area contributed by atoms with E-state index in [2.05, 4.69) is 5.32 Å². The van der Waals surface area contributed by atoms with Crippen LogP contribution in [0.25, 0.3) is 10.9 Å². The highest BCUT2D eigenvalue weighted by molar-refractivity contribution is 5.98. The lowest BCUT2D eigenvalue weighted by Crippen LogP contribution is -2.37. The molecule has 0 bridgehead atoms. The van der Waals surface area contributed by atoms with E-state index in [1.54, 1.807) is 9.47 Å². The van der Waals surface area contributed by atoms with Gasteiger partial charge < -0.3 is 19.5 Å². The van der Waals surface area contributed by atoms with Gasteiger partial charge in [0.1, 0.15) is 5.56 Å². The summed E-state index contributed by atoms with van der Waals surface area (Å²) >= 11 is 0. The van der Waals surface area contributed by atoms with E-state index in [1.807, 2.05) is 37.3 Å².